The van der Waals surface area contributed by atoms with Crippen molar-refractivity contribution in [2.24, 2.45) is 0 Å². The van der Waals surface area contributed by atoms with Gasteiger partial charge >= 0.3 is 0 Å². The number of nitrogens with zero attached hydrogens (tertiary/aromatic N) is 3. The van der Waals surface area contributed by atoms with Crippen LogP contribution in [0.2, 0.25) is 5.28 Å². The lowest BCUT2D eigenvalue weighted by Crippen LogP contribution is -2.27. The fraction of sp³-hybridized carbons (Fsp3) is 0.0769. The van der Waals surface area contributed by atoms with Crippen molar-refractivity contribution < 1.29 is 13.9 Å². The van der Waals surface area contributed by atoms with Crippen molar-refractivity contribution in [2.75, 3.05) is 4.90 Å². The number of hydrogen-bond donors (Lipinski definition) is 0. The Kier molecular flexibility index (Phi) is 6.27. The number of amides is 1. The third-order valence-corrected chi connectivity index (χ3v) is 7.12. The summed E-state index contributed by atoms with van der Waals surface area (Å²) in [6.07, 6.45) is 2.67. The molecule has 5 rings (SSSR count). The number of anilines is 1. The molecule has 1 aliphatic heterocycles. The van der Waals surface area contributed by atoms with E-state index >= 15 is 0 Å². The van der Waals surface area contributed by atoms with Gasteiger partial charge in [0.25, 0.3) is 11.8 Å². The predicted octanol–water partition coefficient (Wildman–Crippen LogP) is 7.24. The third-order valence-electron chi connectivity index (χ3n) is 5.64. The molecule has 1 fully saturated rings. The number of fused-ring (bicyclic) bond motifs is 1. The Balaban J connectivity index is 1.60. The Morgan fingerprint density at radius 3 is 2.71 bits per heavy atom. The Hall–Kier alpha value is -3.33. The summed E-state index contributed by atoms with van der Waals surface area (Å²) in [5, 5.41) is 1.61. The van der Waals surface area contributed by atoms with E-state index in [1.165, 1.54) is 16.7 Å². The van der Waals surface area contributed by atoms with Crippen LogP contribution < -0.4 is 9.64 Å². The van der Waals surface area contributed by atoms with Gasteiger partial charge in [-0.05, 0) is 71.6 Å². The molecule has 4 aromatic rings. The second-order valence-electron chi connectivity index (χ2n) is 7.88. The molecule has 3 aromatic carbocycles. The second-order valence-corrected chi connectivity index (χ2v) is 9.89. The van der Waals surface area contributed by atoms with E-state index in [1.807, 2.05) is 62.4 Å². The topological polar surface area (TPSA) is 55.3 Å². The van der Waals surface area contributed by atoms with E-state index in [-0.39, 0.29) is 17.1 Å². The highest BCUT2D eigenvalue weighted by molar-refractivity contribution is 8.27. The molecule has 35 heavy (non-hydrogen) atoms. The molecular formula is C26H17ClFN3O2S2. The van der Waals surface area contributed by atoms with Crippen LogP contribution in [0.15, 0.2) is 65.7 Å². The molecule has 5 nitrogen and oxygen atoms in total. The average Bonchev–Trinajstić information content (AvgIpc) is 3.12. The smallest absolute Gasteiger partial charge is 0.270 e. The molecule has 0 bridgehead atoms. The van der Waals surface area contributed by atoms with Crippen molar-refractivity contribution in [1.82, 2.24) is 9.97 Å². The zero-order valence-electron chi connectivity index (χ0n) is 18.6. The van der Waals surface area contributed by atoms with Crippen LogP contribution in [0.25, 0.3) is 16.8 Å². The molecule has 1 aromatic heterocycles. The first-order valence-electron chi connectivity index (χ1n) is 10.5. The quantitative estimate of drug-likeness (QED) is 0.160. The summed E-state index contributed by atoms with van der Waals surface area (Å²) in [5.41, 5.74) is 3.50. The molecule has 2 heterocycles. The first-order valence-corrected chi connectivity index (χ1v) is 12.1. The van der Waals surface area contributed by atoms with E-state index in [0.29, 0.717) is 26.2 Å². The maximum absolute atomic E-state index is 14.3. The Labute approximate surface area is 215 Å². The first-order chi connectivity index (χ1) is 16.8. The van der Waals surface area contributed by atoms with Gasteiger partial charge in [0.2, 0.25) is 11.1 Å². The molecule has 0 spiro atoms. The van der Waals surface area contributed by atoms with E-state index in [1.54, 1.807) is 12.1 Å². The minimum absolute atomic E-state index is 0.141. The van der Waals surface area contributed by atoms with Gasteiger partial charge in [-0.3, -0.25) is 9.69 Å². The number of hydrogen-bond acceptors (Lipinski definition) is 6. The van der Waals surface area contributed by atoms with Crippen LogP contribution in [0.5, 0.6) is 11.6 Å². The third kappa shape index (κ3) is 4.52. The summed E-state index contributed by atoms with van der Waals surface area (Å²) < 4.78 is 20.6. The highest BCUT2D eigenvalue weighted by Gasteiger charge is 2.34. The monoisotopic (exact) mass is 521 g/mol. The standard InChI is InChI=1S/C26H17ClFN3O2S2/c1-14-7-9-17(11-15(14)2)31-24(32)22(35-26(31)34)12-19-18-6-4-3-5-16(18)8-10-21(19)33-23-20(28)13-29-25(27)30-23/h3-13H,1-2H3/b22-12+. The first kappa shape index (κ1) is 23.4. The van der Waals surface area contributed by atoms with Crippen molar-refractivity contribution >= 4 is 68.3 Å². The van der Waals surface area contributed by atoms with Crippen LogP contribution in [0, 0.1) is 19.7 Å². The van der Waals surface area contributed by atoms with Crippen LogP contribution in [-0.2, 0) is 4.79 Å². The van der Waals surface area contributed by atoms with Gasteiger partial charge in [-0.2, -0.15) is 9.37 Å². The number of aryl methyl sites for hydroxylation is 2. The molecule has 0 saturated carbocycles. The van der Waals surface area contributed by atoms with Gasteiger partial charge in [-0.15, -0.1) is 0 Å². The van der Waals surface area contributed by atoms with Crippen LogP contribution in [0.4, 0.5) is 10.1 Å². The minimum Gasteiger partial charge on any atom is -0.436 e. The molecule has 1 aliphatic rings. The highest BCUT2D eigenvalue weighted by atomic mass is 35.5. The Morgan fingerprint density at radius 1 is 1.11 bits per heavy atom. The average molecular weight is 522 g/mol. The Bertz CT molecular complexity index is 1560. The van der Waals surface area contributed by atoms with E-state index in [4.69, 9.17) is 28.6 Å². The van der Waals surface area contributed by atoms with Gasteiger partial charge in [0.1, 0.15) is 5.75 Å². The highest BCUT2D eigenvalue weighted by Crippen LogP contribution is 2.40. The van der Waals surface area contributed by atoms with Gasteiger partial charge in [-0.1, -0.05) is 60.4 Å². The van der Waals surface area contributed by atoms with Gasteiger partial charge in [0, 0.05) is 5.56 Å². The molecule has 0 atom stereocenters. The maximum Gasteiger partial charge on any atom is 0.270 e. The molecule has 1 amide bonds. The molecule has 0 aliphatic carbocycles. The zero-order chi connectivity index (χ0) is 24.7. The largest absolute Gasteiger partial charge is 0.436 e. The van der Waals surface area contributed by atoms with Gasteiger partial charge < -0.3 is 4.74 Å². The number of carbonyl (C=O) groups is 1. The maximum atomic E-state index is 14.3. The van der Waals surface area contributed by atoms with Crippen LogP contribution in [0.1, 0.15) is 16.7 Å². The molecule has 1 saturated heterocycles. The summed E-state index contributed by atoms with van der Waals surface area (Å²) in [5.74, 6) is -0.987. The number of ether oxygens (including phenoxy) is 1. The van der Waals surface area contributed by atoms with E-state index in [9.17, 15) is 9.18 Å². The number of benzene rings is 3. The minimum atomic E-state index is -0.755. The predicted molar refractivity (Wildman–Crippen MR) is 143 cm³/mol. The normalized spacial score (nSPS) is 14.9. The Morgan fingerprint density at radius 2 is 1.91 bits per heavy atom. The summed E-state index contributed by atoms with van der Waals surface area (Å²) >= 11 is 12.6. The molecule has 174 valence electrons. The van der Waals surface area contributed by atoms with E-state index < -0.39 is 5.82 Å². The lowest BCUT2D eigenvalue weighted by molar-refractivity contribution is -0.113. The lowest BCUT2D eigenvalue weighted by atomic mass is 10.0. The zero-order valence-corrected chi connectivity index (χ0v) is 21.0. The number of thioether (sulfide) groups is 1. The SMILES string of the molecule is Cc1ccc(N2C(=O)/C(=C\c3c(Oc4nc(Cl)ncc4F)ccc4ccccc34)SC2=S)cc1C. The fourth-order valence-corrected chi connectivity index (χ4v) is 5.11. The van der Waals surface area contributed by atoms with Gasteiger partial charge in [0.15, 0.2) is 4.32 Å². The van der Waals surface area contributed by atoms with Crippen molar-refractivity contribution in [3.8, 4) is 11.6 Å². The molecule has 9 heteroatoms. The van der Waals surface area contributed by atoms with E-state index in [0.717, 1.165) is 28.1 Å². The van der Waals surface area contributed by atoms with Gasteiger partial charge in [0.05, 0.1) is 16.8 Å². The lowest BCUT2D eigenvalue weighted by Gasteiger charge is -2.16. The number of rotatable bonds is 4. The summed E-state index contributed by atoms with van der Waals surface area (Å²) in [6, 6.07) is 17.0. The van der Waals surface area contributed by atoms with Crippen molar-refractivity contribution in [2.45, 2.75) is 13.8 Å². The number of carbonyl (C=O) groups excluding carboxylic acids is 1. The summed E-state index contributed by atoms with van der Waals surface area (Å²) in [4.78, 5) is 22.9. The molecule has 0 radical (unpaired) electrons. The second kappa shape index (κ2) is 9.37. The number of thiocarbonyl (C=S) groups is 1. The van der Waals surface area contributed by atoms with E-state index in [2.05, 4.69) is 9.97 Å². The van der Waals surface area contributed by atoms with Crippen LogP contribution >= 0.6 is 35.6 Å². The molecule has 0 N–H and O–H groups in total. The summed E-state index contributed by atoms with van der Waals surface area (Å²) in [7, 11) is 0. The van der Waals surface area contributed by atoms with Crippen molar-refractivity contribution in [1.29, 1.82) is 0 Å². The number of aromatic nitrogens is 2. The van der Waals surface area contributed by atoms with Crippen LogP contribution in [-0.4, -0.2) is 20.2 Å². The fourth-order valence-electron chi connectivity index (χ4n) is 3.71. The van der Waals surface area contributed by atoms with Gasteiger partial charge in [-0.25, -0.2) is 4.98 Å². The summed E-state index contributed by atoms with van der Waals surface area (Å²) in [6.45, 7) is 4.00. The molecule has 0 unspecified atom stereocenters. The number of halogens is 2. The van der Waals surface area contributed by atoms with Crippen molar-refractivity contribution in [3.05, 3.63) is 93.5 Å². The van der Waals surface area contributed by atoms with Crippen LogP contribution in [0.3, 0.4) is 0 Å². The van der Waals surface area contributed by atoms with Crippen molar-refractivity contribution in [3.63, 3.8) is 0 Å². The molecular weight excluding hydrogens is 505 g/mol.